The molecule has 0 unspecified atom stereocenters. The standard InChI is InChI=1S/C18H19N5O3/c1-13-11-14(20-26-13)12-21-7-9-22(10-8-21)17-5-4-16-15(3-2-6-19-16)18(17)23(24)25/h2-6,11H,7-10,12H2,1H3. The van der Waals surface area contributed by atoms with Crippen LogP contribution in [-0.2, 0) is 6.54 Å². The predicted octanol–water partition coefficient (Wildman–Crippen LogP) is 2.76. The Balaban J connectivity index is 1.54. The number of nitro benzene ring substituents is 1. The Morgan fingerprint density at radius 2 is 2.04 bits per heavy atom. The van der Waals surface area contributed by atoms with Gasteiger partial charge in [0.15, 0.2) is 0 Å². The van der Waals surface area contributed by atoms with Gasteiger partial charge < -0.3 is 9.42 Å². The van der Waals surface area contributed by atoms with Crippen LogP contribution in [0.1, 0.15) is 11.5 Å². The molecule has 0 spiro atoms. The monoisotopic (exact) mass is 353 g/mol. The zero-order valence-electron chi connectivity index (χ0n) is 14.5. The van der Waals surface area contributed by atoms with Crippen LogP contribution in [-0.4, -0.2) is 46.1 Å². The highest BCUT2D eigenvalue weighted by molar-refractivity contribution is 5.94. The molecule has 3 aromatic rings. The van der Waals surface area contributed by atoms with E-state index in [0.29, 0.717) is 16.6 Å². The fraction of sp³-hybridized carbons (Fsp3) is 0.333. The molecule has 0 atom stereocenters. The molecule has 1 aliphatic heterocycles. The smallest absolute Gasteiger partial charge is 0.301 e. The van der Waals surface area contributed by atoms with Gasteiger partial charge in [-0.3, -0.25) is 20.0 Å². The molecule has 1 aliphatic rings. The summed E-state index contributed by atoms with van der Waals surface area (Å²) in [5, 5.41) is 16.3. The number of nitrogens with zero attached hydrogens (tertiary/aromatic N) is 5. The summed E-state index contributed by atoms with van der Waals surface area (Å²) in [5.74, 6) is 0.805. The van der Waals surface area contributed by atoms with E-state index in [9.17, 15) is 10.1 Å². The van der Waals surface area contributed by atoms with Crippen molar-refractivity contribution in [2.75, 3.05) is 31.1 Å². The Kier molecular flexibility index (Phi) is 4.26. The average molecular weight is 353 g/mol. The van der Waals surface area contributed by atoms with Crippen LogP contribution in [0.3, 0.4) is 0 Å². The topological polar surface area (TPSA) is 88.5 Å². The molecule has 1 aromatic carbocycles. The van der Waals surface area contributed by atoms with Gasteiger partial charge in [-0.15, -0.1) is 0 Å². The van der Waals surface area contributed by atoms with Crippen LogP contribution in [0.5, 0.6) is 0 Å². The van der Waals surface area contributed by atoms with Crippen LogP contribution in [0.15, 0.2) is 41.1 Å². The minimum absolute atomic E-state index is 0.135. The van der Waals surface area contributed by atoms with Crippen LogP contribution in [0, 0.1) is 17.0 Å². The summed E-state index contributed by atoms with van der Waals surface area (Å²) in [7, 11) is 0. The largest absolute Gasteiger partial charge is 0.363 e. The fourth-order valence-corrected chi connectivity index (χ4v) is 3.44. The zero-order chi connectivity index (χ0) is 18.1. The summed E-state index contributed by atoms with van der Waals surface area (Å²) in [4.78, 5) is 20.0. The summed E-state index contributed by atoms with van der Waals surface area (Å²) in [5.41, 5.74) is 2.35. The number of benzene rings is 1. The molecule has 134 valence electrons. The Hall–Kier alpha value is -3.00. The summed E-state index contributed by atoms with van der Waals surface area (Å²) >= 11 is 0. The lowest BCUT2D eigenvalue weighted by atomic mass is 10.1. The molecule has 8 heteroatoms. The molecule has 0 bridgehead atoms. The normalized spacial score (nSPS) is 15.5. The van der Waals surface area contributed by atoms with Crippen molar-refractivity contribution in [2.45, 2.75) is 13.5 Å². The third-order valence-electron chi connectivity index (χ3n) is 4.69. The summed E-state index contributed by atoms with van der Waals surface area (Å²) in [6.45, 7) is 5.69. The first-order chi connectivity index (χ1) is 12.6. The quantitative estimate of drug-likeness (QED) is 0.526. The second kappa shape index (κ2) is 6.72. The maximum Gasteiger partial charge on any atom is 0.301 e. The number of nitro groups is 1. The Morgan fingerprint density at radius 1 is 1.23 bits per heavy atom. The first kappa shape index (κ1) is 16.5. The van der Waals surface area contributed by atoms with Crippen LogP contribution < -0.4 is 4.90 Å². The predicted molar refractivity (Wildman–Crippen MR) is 97.1 cm³/mol. The van der Waals surface area contributed by atoms with E-state index in [1.807, 2.05) is 25.1 Å². The van der Waals surface area contributed by atoms with E-state index >= 15 is 0 Å². The molecule has 3 heterocycles. The molecule has 0 amide bonds. The number of aromatic nitrogens is 2. The van der Waals surface area contributed by atoms with Crippen molar-refractivity contribution in [1.29, 1.82) is 0 Å². The number of rotatable bonds is 4. The molecule has 0 aliphatic carbocycles. The van der Waals surface area contributed by atoms with Crippen LogP contribution in [0.2, 0.25) is 0 Å². The molecule has 2 aromatic heterocycles. The maximum atomic E-state index is 11.7. The fourth-order valence-electron chi connectivity index (χ4n) is 3.44. The molecular formula is C18H19N5O3. The second-order valence-electron chi connectivity index (χ2n) is 6.45. The molecule has 0 N–H and O–H groups in total. The highest BCUT2D eigenvalue weighted by Crippen LogP contribution is 2.35. The van der Waals surface area contributed by atoms with Gasteiger partial charge in [0.1, 0.15) is 11.4 Å². The van der Waals surface area contributed by atoms with Crippen molar-refractivity contribution >= 4 is 22.3 Å². The highest BCUT2D eigenvalue weighted by Gasteiger charge is 2.26. The van der Waals surface area contributed by atoms with Gasteiger partial charge in [0, 0.05) is 45.0 Å². The van der Waals surface area contributed by atoms with E-state index in [1.54, 1.807) is 18.3 Å². The van der Waals surface area contributed by atoms with E-state index in [-0.39, 0.29) is 10.6 Å². The number of hydrogen-bond donors (Lipinski definition) is 0. The van der Waals surface area contributed by atoms with Gasteiger partial charge in [-0.2, -0.15) is 0 Å². The molecular weight excluding hydrogens is 334 g/mol. The van der Waals surface area contributed by atoms with Crippen molar-refractivity contribution in [3.63, 3.8) is 0 Å². The van der Waals surface area contributed by atoms with E-state index in [2.05, 4.69) is 19.9 Å². The zero-order valence-corrected chi connectivity index (χ0v) is 14.5. The van der Waals surface area contributed by atoms with Gasteiger partial charge in [-0.25, -0.2) is 0 Å². The second-order valence-corrected chi connectivity index (χ2v) is 6.45. The lowest BCUT2D eigenvalue weighted by molar-refractivity contribution is -0.382. The number of aryl methyl sites for hydroxylation is 1. The molecule has 0 radical (unpaired) electrons. The van der Waals surface area contributed by atoms with Crippen molar-refractivity contribution < 1.29 is 9.45 Å². The summed E-state index contributed by atoms with van der Waals surface area (Å²) in [6, 6.07) is 9.09. The Labute approximate surface area is 150 Å². The molecule has 0 saturated carbocycles. The minimum Gasteiger partial charge on any atom is -0.363 e. The van der Waals surface area contributed by atoms with Gasteiger partial charge >= 0.3 is 5.69 Å². The van der Waals surface area contributed by atoms with Gasteiger partial charge in [0.2, 0.25) is 0 Å². The number of anilines is 1. The third kappa shape index (κ3) is 3.11. The van der Waals surface area contributed by atoms with Crippen molar-refractivity contribution in [3.8, 4) is 0 Å². The maximum absolute atomic E-state index is 11.7. The number of pyridine rings is 1. The van der Waals surface area contributed by atoms with Crippen LogP contribution >= 0.6 is 0 Å². The van der Waals surface area contributed by atoms with Gasteiger partial charge in [0.25, 0.3) is 0 Å². The lowest BCUT2D eigenvalue weighted by Crippen LogP contribution is -2.46. The van der Waals surface area contributed by atoms with Gasteiger partial charge in [0.05, 0.1) is 21.5 Å². The van der Waals surface area contributed by atoms with Crippen LogP contribution in [0.4, 0.5) is 11.4 Å². The Morgan fingerprint density at radius 3 is 2.73 bits per heavy atom. The van der Waals surface area contributed by atoms with Gasteiger partial charge in [-0.05, 0) is 31.2 Å². The minimum atomic E-state index is -0.302. The molecule has 8 nitrogen and oxygen atoms in total. The highest BCUT2D eigenvalue weighted by atomic mass is 16.6. The van der Waals surface area contributed by atoms with Crippen molar-refractivity contribution in [3.05, 3.63) is 58.1 Å². The van der Waals surface area contributed by atoms with Crippen LogP contribution in [0.25, 0.3) is 10.9 Å². The molecule has 26 heavy (non-hydrogen) atoms. The molecule has 4 rings (SSSR count). The summed E-state index contributed by atoms with van der Waals surface area (Å²) in [6.07, 6.45) is 1.65. The van der Waals surface area contributed by atoms with E-state index in [1.165, 1.54) is 0 Å². The first-order valence-corrected chi connectivity index (χ1v) is 8.53. The number of fused-ring (bicyclic) bond motifs is 1. The van der Waals surface area contributed by atoms with Gasteiger partial charge in [-0.1, -0.05) is 5.16 Å². The van der Waals surface area contributed by atoms with E-state index in [0.717, 1.165) is 44.2 Å². The molecule has 1 saturated heterocycles. The molecule has 1 fully saturated rings. The summed E-state index contributed by atoms with van der Waals surface area (Å²) < 4.78 is 5.11. The lowest BCUT2D eigenvalue weighted by Gasteiger charge is -2.35. The number of piperazine rings is 1. The average Bonchev–Trinajstić information content (AvgIpc) is 3.06. The Bertz CT molecular complexity index is 947. The number of hydrogen-bond acceptors (Lipinski definition) is 7. The third-order valence-corrected chi connectivity index (χ3v) is 4.69. The SMILES string of the molecule is Cc1cc(CN2CCN(c3ccc4ncccc4c3[N+](=O)[O-])CC2)no1. The van der Waals surface area contributed by atoms with E-state index < -0.39 is 0 Å². The van der Waals surface area contributed by atoms with E-state index in [4.69, 9.17) is 4.52 Å². The van der Waals surface area contributed by atoms with Crippen molar-refractivity contribution in [2.24, 2.45) is 0 Å². The first-order valence-electron chi connectivity index (χ1n) is 8.53. The van der Waals surface area contributed by atoms with Crippen molar-refractivity contribution in [1.82, 2.24) is 15.0 Å².